The van der Waals surface area contributed by atoms with Crippen LogP contribution in [0.25, 0.3) is 11.1 Å². The van der Waals surface area contributed by atoms with Crippen LogP contribution < -0.4 is 5.32 Å². The Hall–Kier alpha value is -3.32. The van der Waals surface area contributed by atoms with E-state index in [0.29, 0.717) is 17.5 Å². The van der Waals surface area contributed by atoms with E-state index in [2.05, 4.69) is 21.2 Å². The van der Waals surface area contributed by atoms with Crippen LogP contribution in [0.3, 0.4) is 0 Å². The third kappa shape index (κ3) is 4.73. The van der Waals surface area contributed by atoms with Crippen LogP contribution >= 0.6 is 15.9 Å². The Labute approximate surface area is 200 Å². The van der Waals surface area contributed by atoms with Crippen molar-refractivity contribution < 1.29 is 24.5 Å². The van der Waals surface area contributed by atoms with E-state index >= 15 is 0 Å². The van der Waals surface area contributed by atoms with Crippen LogP contribution in [-0.2, 0) is 22.4 Å². The molecule has 1 aliphatic carbocycles. The first-order valence-corrected chi connectivity index (χ1v) is 11.5. The molecule has 0 heterocycles. The summed E-state index contributed by atoms with van der Waals surface area (Å²) >= 11 is 3.38. The van der Waals surface area contributed by atoms with E-state index in [-0.39, 0.29) is 24.7 Å². The Morgan fingerprint density at radius 2 is 1.61 bits per heavy atom. The lowest BCUT2D eigenvalue weighted by Crippen LogP contribution is -2.43. The number of carbonyl (C=O) groups is 2. The van der Waals surface area contributed by atoms with Gasteiger partial charge in [0.15, 0.2) is 0 Å². The van der Waals surface area contributed by atoms with Gasteiger partial charge in [-0.25, -0.2) is 9.59 Å². The number of phenols is 1. The number of benzene rings is 3. The Balaban J connectivity index is 1.46. The van der Waals surface area contributed by atoms with E-state index in [1.165, 1.54) is 0 Å². The molecule has 0 spiro atoms. The number of carbonyl (C=O) groups excluding carboxylic acids is 1. The molecule has 170 valence electrons. The first-order valence-electron chi connectivity index (χ1n) is 10.7. The van der Waals surface area contributed by atoms with Crippen molar-refractivity contribution in [2.24, 2.45) is 0 Å². The largest absolute Gasteiger partial charge is 0.507 e. The lowest BCUT2D eigenvalue weighted by atomic mass is 9.98. The second-order valence-corrected chi connectivity index (χ2v) is 8.91. The number of hydrogen-bond acceptors (Lipinski definition) is 4. The second-order valence-electron chi connectivity index (χ2n) is 7.99. The molecule has 1 atom stereocenters. The van der Waals surface area contributed by atoms with Gasteiger partial charge in [0.2, 0.25) is 0 Å². The second kappa shape index (κ2) is 9.67. The molecule has 3 aromatic carbocycles. The average Bonchev–Trinajstić information content (AvgIpc) is 3.13. The summed E-state index contributed by atoms with van der Waals surface area (Å²) in [5.41, 5.74) is 5.52. The molecule has 7 heteroatoms. The SMILES string of the molecule is CCc1cc(Br)cc(CC(NC(=O)OCC2c3ccccc3-c3ccccc32)C(=O)O)c1O. The molecule has 3 N–H and O–H groups in total. The van der Waals surface area contributed by atoms with Crippen molar-refractivity contribution in [3.05, 3.63) is 87.4 Å². The van der Waals surface area contributed by atoms with Gasteiger partial charge in [-0.3, -0.25) is 0 Å². The monoisotopic (exact) mass is 509 g/mol. The van der Waals surface area contributed by atoms with Crippen LogP contribution in [0.1, 0.15) is 35.1 Å². The Kier molecular flexibility index (Phi) is 6.70. The minimum Gasteiger partial charge on any atom is -0.507 e. The number of amides is 1. The van der Waals surface area contributed by atoms with E-state index in [9.17, 15) is 19.8 Å². The zero-order valence-corrected chi connectivity index (χ0v) is 19.6. The zero-order valence-electron chi connectivity index (χ0n) is 18.0. The van der Waals surface area contributed by atoms with E-state index in [1.54, 1.807) is 12.1 Å². The molecule has 0 aliphatic heterocycles. The maximum Gasteiger partial charge on any atom is 0.407 e. The predicted octanol–water partition coefficient (Wildman–Crippen LogP) is 5.25. The summed E-state index contributed by atoms with van der Waals surface area (Å²) in [6.45, 7) is 1.99. The molecule has 1 aliphatic rings. The fourth-order valence-corrected chi connectivity index (χ4v) is 4.90. The molecular formula is C26H24BrNO5. The van der Waals surface area contributed by atoms with Gasteiger partial charge in [0.25, 0.3) is 0 Å². The Morgan fingerprint density at radius 3 is 2.18 bits per heavy atom. The summed E-state index contributed by atoms with van der Waals surface area (Å²) in [6, 6.07) is 18.2. The van der Waals surface area contributed by atoms with Crippen LogP contribution in [0, 0.1) is 0 Å². The third-order valence-electron chi connectivity index (χ3n) is 5.97. The number of halogens is 1. The average molecular weight is 510 g/mol. The first-order chi connectivity index (χ1) is 15.9. The molecule has 1 amide bonds. The van der Waals surface area contributed by atoms with E-state index in [1.807, 2.05) is 55.5 Å². The number of aliphatic carboxylic acids is 1. The molecule has 6 nitrogen and oxygen atoms in total. The molecule has 33 heavy (non-hydrogen) atoms. The van der Waals surface area contributed by atoms with Crippen molar-refractivity contribution in [1.29, 1.82) is 0 Å². The van der Waals surface area contributed by atoms with E-state index in [4.69, 9.17) is 4.74 Å². The number of ether oxygens (including phenoxy) is 1. The van der Waals surface area contributed by atoms with Gasteiger partial charge in [-0.05, 0) is 51.9 Å². The van der Waals surface area contributed by atoms with Gasteiger partial charge in [0.05, 0.1) is 0 Å². The summed E-state index contributed by atoms with van der Waals surface area (Å²) in [4.78, 5) is 24.3. The molecule has 0 fully saturated rings. The number of fused-ring (bicyclic) bond motifs is 3. The highest BCUT2D eigenvalue weighted by Crippen LogP contribution is 2.44. The highest BCUT2D eigenvalue weighted by Gasteiger charge is 2.30. The van der Waals surface area contributed by atoms with E-state index < -0.39 is 18.1 Å². The Morgan fingerprint density at radius 1 is 1.03 bits per heavy atom. The summed E-state index contributed by atoms with van der Waals surface area (Å²) < 4.78 is 6.21. The lowest BCUT2D eigenvalue weighted by molar-refractivity contribution is -0.139. The molecule has 0 saturated carbocycles. The Bertz CT molecular complexity index is 1160. The van der Waals surface area contributed by atoms with Crippen LogP contribution in [-0.4, -0.2) is 34.9 Å². The molecule has 0 bridgehead atoms. The maximum atomic E-state index is 12.5. The van der Waals surface area contributed by atoms with Gasteiger partial charge in [-0.15, -0.1) is 0 Å². The quantitative estimate of drug-likeness (QED) is 0.404. The number of hydrogen-bond donors (Lipinski definition) is 3. The van der Waals surface area contributed by atoms with E-state index in [0.717, 1.165) is 26.7 Å². The zero-order chi connectivity index (χ0) is 23.5. The standard InChI is InChI=1S/C26H24BrNO5/c1-2-15-11-17(27)12-16(24(15)29)13-23(25(30)31)28-26(32)33-14-22-20-9-5-3-7-18(20)19-8-4-6-10-21(19)22/h3-12,22-23,29H,2,13-14H2,1H3,(H,28,32)(H,30,31). The topological polar surface area (TPSA) is 95.9 Å². The van der Waals surface area contributed by atoms with Crippen LogP contribution in [0.15, 0.2) is 65.1 Å². The molecule has 0 saturated heterocycles. The fourth-order valence-electron chi connectivity index (χ4n) is 4.34. The number of phenolic OH excluding ortho intramolecular Hbond substituents is 1. The summed E-state index contributed by atoms with van der Waals surface area (Å²) in [5.74, 6) is -1.28. The number of nitrogens with one attached hydrogen (secondary N) is 1. The number of carboxylic acid groups (broad SMARTS) is 1. The van der Waals surface area contributed by atoms with Crippen molar-refractivity contribution in [3.8, 4) is 16.9 Å². The number of aromatic hydroxyl groups is 1. The van der Waals surface area contributed by atoms with Crippen molar-refractivity contribution in [2.75, 3.05) is 6.61 Å². The van der Waals surface area contributed by atoms with Crippen LogP contribution in [0.4, 0.5) is 4.79 Å². The van der Waals surface area contributed by atoms with Crippen molar-refractivity contribution in [1.82, 2.24) is 5.32 Å². The summed E-state index contributed by atoms with van der Waals surface area (Å²) in [6.07, 6.45) is -0.289. The van der Waals surface area contributed by atoms with Gasteiger partial charge < -0.3 is 20.3 Å². The third-order valence-corrected chi connectivity index (χ3v) is 6.43. The van der Waals surface area contributed by atoms with Gasteiger partial charge in [-0.1, -0.05) is 71.4 Å². The summed E-state index contributed by atoms with van der Waals surface area (Å²) in [5, 5.41) is 22.5. The number of alkyl carbamates (subject to hydrolysis) is 1. The van der Waals surface area contributed by atoms with Crippen molar-refractivity contribution in [2.45, 2.75) is 31.7 Å². The smallest absolute Gasteiger partial charge is 0.407 e. The maximum absolute atomic E-state index is 12.5. The van der Waals surface area contributed by atoms with Gasteiger partial charge in [-0.2, -0.15) is 0 Å². The highest BCUT2D eigenvalue weighted by atomic mass is 79.9. The number of carboxylic acids is 1. The molecule has 4 rings (SSSR count). The predicted molar refractivity (Wildman–Crippen MR) is 129 cm³/mol. The highest BCUT2D eigenvalue weighted by molar-refractivity contribution is 9.10. The van der Waals surface area contributed by atoms with Gasteiger partial charge in [0.1, 0.15) is 18.4 Å². The molecular weight excluding hydrogens is 486 g/mol. The fraction of sp³-hybridized carbons (Fsp3) is 0.231. The first kappa shape index (κ1) is 22.9. The number of aryl methyl sites for hydroxylation is 1. The van der Waals surface area contributed by atoms with Crippen molar-refractivity contribution >= 4 is 28.0 Å². The minimum atomic E-state index is -1.24. The van der Waals surface area contributed by atoms with Crippen molar-refractivity contribution in [3.63, 3.8) is 0 Å². The normalized spacial score (nSPS) is 13.2. The number of rotatable bonds is 7. The van der Waals surface area contributed by atoms with Crippen LogP contribution in [0.5, 0.6) is 5.75 Å². The molecule has 0 aromatic heterocycles. The molecule has 3 aromatic rings. The van der Waals surface area contributed by atoms with Crippen LogP contribution in [0.2, 0.25) is 0 Å². The molecule has 1 unspecified atom stereocenters. The lowest BCUT2D eigenvalue weighted by Gasteiger charge is -2.18. The molecule has 0 radical (unpaired) electrons. The van der Waals surface area contributed by atoms with Gasteiger partial charge >= 0.3 is 12.1 Å². The minimum absolute atomic E-state index is 0.0429. The van der Waals surface area contributed by atoms with Gasteiger partial charge in [0, 0.05) is 16.8 Å². The summed E-state index contributed by atoms with van der Waals surface area (Å²) in [7, 11) is 0.